The van der Waals surface area contributed by atoms with Crippen LogP contribution in [0.4, 0.5) is 10.1 Å². The van der Waals surface area contributed by atoms with E-state index < -0.39 is 14.9 Å². The highest BCUT2D eigenvalue weighted by atomic mass is 32.2. The average Bonchev–Trinajstić information content (AvgIpc) is 2.69. The third-order valence-electron chi connectivity index (χ3n) is 3.95. The van der Waals surface area contributed by atoms with Gasteiger partial charge in [0, 0.05) is 45.9 Å². The maximum Gasteiger partial charge on any atom is 0.270 e. The molecule has 0 fully saturated rings. The summed E-state index contributed by atoms with van der Waals surface area (Å²) >= 11 is 0. The normalized spacial score (nSPS) is 11.9. The number of non-ortho nitro benzene ring substituents is 1. The number of nitro benzene ring substituents is 1. The summed E-state index contributed by atoms with van der Waals surface area (Å²) in [5.74, 6) is 0.221. The van der Waals surface area contributed by atoms with E-state index in [0.717, 1.165) is 11.6 Å². The molecule has 0 aliphatic carbocycles. The van der Waals surface area contributed by atoms with Crippen molar-refractivity contribution in [2.75, 3.05) is 27.2 Å². The van der Waals surface area contributed by atoms with Crippen LogP contribution >= 0.6 is 0 Å². The second-order valence-corrected chi connectivity index (χ2v) is 7.88. The predicted molar refractivity (Wildman–Crippen MR) is 108 cm³/mol. The zero-order chi connectivity index (χ0) is 21.4. The number of nitrogens with one attached hydrogen (secondary N) is 2. The third kappa shape index (κ3) is 6.50. The summed E-state index contributed by atoms with van der Waals surface area (Å²) in [4.78, 5) is 15.9. The van der Waals surface area contributed by atoms with Gasteiger partial charge in [-0.25, -0.2) is 17.5 Å². The van der Waals surface area contributed by atoms with Crippen molar-refractivity contribution < 1.29 is 17.7 Å². The molecular weight excluding hydrogens is 401 g/mol. The van der Waals surface area contributed by atoms with Gasteiger partial charge in [0.05, 0.1) is 9.82 Å². The van der Waals surface area contributed by atoms with Gasteiger partial charge in [0.2, 0.25) is 10.0 Å². The Morgan fingerprint density at radius 1 is 1.21 bits per heavy atom. The van der Waals surface area contributed by atoms with E-state index in [-0.39, 0.29) is 29.5 Å². The van der Waals surface area contributed by atoms with E-state index in [9.17, 15) is 22.9 Å². The van der Waals surface area contributed by atoms with Gasteiger partial charge >= 0.3 is 0 Å². The van der Waals surface area contributed by atoms with Crippen molar-refractivity contribution in [2.24, 2.45) is 4.99 Å². The van der Waals surface area contributed by atoms with E-state index >= 15 is 0 Å². The number of hydrogen-bond acceptors (Lipinski definition) is 5. The van der Waals surface area contributed by atoms with E-state index in [1.807, 2.05) is 4.90 Å². The maximum absolute atomic E-state index is 13.0. The van der Waals surface area contributed by atoms with Crippen molar-refractivity contribution in [1.29, 1.82) is 0 Å². The van der Waals surface area contributed by atoms with Gasteiger partial charge in [0.15, 0.2) is 5.96 Å². The topological polar surface area (TPSA) is 117 Å². The van der Waals surface area contributed by atoms with Crippen LogP contribution in [0.1, 0.15) is 5.56 Å². The van der Waals surface area contributed by atoms with E-state index in [4.69, 9.17) is 0 Å². The number of nitrogens with zero attached hydrogens (tertiary/aromatic N) is 3. The largest absolute Gasteiger partial charge is 0.355 e. The monoisotopic (exact) mass is 423 g/mol. The van der Waals surface area contributed by atoms with Crippen LogP contribution in [0.5, 0.6) is 0 Å². The number of aliphatic imine (C=N–C) groups is 1. The Labute approximate surface area is 168 Å². The number of benzene rings is 2. The summed E-state index contributed by atoms with van der Waals surface area (Å²) in [6.07, 6.45) is 0. The molecule has 0 heterocycles. The molecule has 0 bridgehead atoms. The molecule has 29 heavy (non-hydrogen) atoms. The molecule has 0 amide bonds. The van der Waals surface area contributed by atoms with Crippen LogP contribution in [0, 0.1) is 15.9 Å². The molecule has 0 atom stereocenters. The first kappa shape index (κ1) is 22.2. The molecule has 156 valence electrons. The smallest absolute Gasteiger partial charge is 0.270 e. The lowest BCUT2D eigenvalue weighted by Gasteiger charge is -2.22. The molecule has 0 saturated heterocycles. The zero-order valence-electron chi connectivity index (χ0n) is 16.0. The van der Waals surface area contributed by atoms with E-state index in [2.05, 4.69) is 15.0 Å². The first-order chi connectivity index (χ1) is 13.7. The van der Waals surface area contributed by atoms with Crippen molar-refractivity contribution in [2.45, 2.75) is 11.4 Å². The van der Waals surface area contributed by atoms with Gasteiger partial charge in [-0.3, -0.25) is 15.1 Å². The zero-order valence-corrected chi connectivity index (χ0v) is 16.8. The minimum atomic E-state index is -3.88. The highest BCUT2D eigenvalue weighted by Crippen LogP contribution is 2.16. The van der Waals surface area contributed by atoms with Crippen LogP contribution in [-0.2, 0) is 16.6 Å². The van der Waals surface area contributed by atoms with Crippen LogP contribution in [0.25, 0.3) is 0 Å². The number of halogens is 1. The molecule has 0 aliphatic heterocycles. The van der Waals surface area contributed by atoms with Crippen LogP contribution in [-0.4, -0.2) is 51.4 Å². The highest BCUT2D eigenvalue weighted by Gasteiger charge is 2.17. The first-order valence-corrected chi connectivity index (χ1v) is 10.1. The van der Waals surface area contributed by atoms with Crippen molar-refractivity contribution in [3.63, 3.8) is 0 Å². The molecule has 2 aromatic carbocycles. The SMILES string of the molecule is CN=C(NCCNS(=O)(=O)c1cccc([N+](=O)[O-])c1)N(C)Cc1ccc(F)cc1. The van der Waals surface area contributed by atoms with Gasteiger partial charge in [0.25, 0.3) is 5.69 Å². The van der Waals surface area contributed by atoms with E-state index in [1.165, 1.54) is 30.3 Å². The quantitative estimate of drug-likeness (QED) is 0.220. The molecule has 0 saturated carbocycles. The lowest BCUT2D eigenvalue weighted by molar-refractivity contribution is -0.385. The number of sulfonamides is 1. The van der Waals surface area contributed by atoms with Crippen LogP contribution in [0.15, 0.2) is 58.4 Å². The number of guanidine groups is 1. The summed E-state index contributed by atoms with van der Waals surface area (Å²) in [6, 6.07) is 10.9. The molecule has 0 radical (unpaired) electrons. The van der Waals surface area contributed by atoms with E-state index in [1.54, 1.807) is 26.2 Å². The van der Waals surface area contributed by atoms with Crippen LogP contribution in [0.2, 0.25) is 0 Å². The van der Waals surface area contributed by atoms with Crippen molar-refractivity contribution >= 4 is 21.7 Å². The minimum absolute atomic E-state index is 0.0500. The average molecular weight is 423 g/mol. The second kappa shape index (κ2) is 9.94. The molecule has 11 heteroatoms. The Balaban J connectivity index is 1.88. The fourth-order valence-corrected chi connectivity index (χ4v) is 3.60. The Bertz CT molecular complexity index is 980. The fraction of sp³-hybridized carbons (Fsp3) is 0.278. The Morgan fingerprint density at radius 2 is 1.90 bits per heavy atom. The van der Waals surface area contributed by atoms with Gasteiger partial charge in [-0.2, -0.15) is 0 Å². The lowest BCUT2D eigenvalue weighted by atomic mass is 10.2. The molecule has 0 aliphatic rings. The highest BCUT2D eigenvalue weighted by molar-refractivity contribution is 7.89. The van der Waals surface area contributed by atoms with Crippen molar-refractivity contribution in [1.82, 2.24) is 14.9 Å². The maximum atomic E-state index is 13.0. The molecule has 0 unspecified atom stereocenters. The predicted octanol–water partition coefficient (Wildman–Crippen LogP) is 1.72. The van der Waals surface area contributed by atoms with Gasteiger partial charge in [-0.05, 0) is 23.8 Å². The number of hydrogen-bond donors (Lipinski definition) is 2. The standard InChI is InChI=1S/C18H22FN5O4S/c1-20-18(23(2)13-14-6-8-15(19)9-7-14)21-10-11-22-29(27,28)17-5-3-4-16(12-17)24(25)26/h3-9,12,22H,10-11,13H2,1-2H3,(H,20,21). The molecule has 2 rings (SSSR count). The second-order valence-electron chi connectivity index (χ2n) is 6.11. The molecular formula is C18H22FN5O4S. The first-order valence-electron chi connectivity index (χ1n) is 8.63. The van der Waals surface area contributed by atoms with Crippen molar-refractivity contribution in [3.8, 4) is 0 Å². The number of rotatable bonds is 8. The Morgan fingerprint density at radius 3 is 2.52 bits per heavy atom. The summed E-state index contributed by atoms with van der Waals surface area (Å²) in [5.41, 5.74) is 0.594. The summed E-state index contributed by atoms with van der Waals surface area (Å²) in [5, 5.41) is 13.8. The van der Waals surface area contributed by atoms with Gasteiger partial charge in [-0.1, -0.05) is 18.2 Å². The molecule has 2 N–H and O–H groups in total. The van der Waals surface area contributed by atoms with Crippen LogP contribution in [0.3, 0.4) is 0 Å². The molecule has 0 aromatic heterocycles. The molecule has 2 aromatic rings. The number of nitro groups is 1. The summed E-state index contributed by atoms with van der Waals surface area (Å²) in [7, 11) is -0.486. The lowest BCUT2D eigenvalue weighted by Crippen LogP contribution is -2.42. The van der Waals surface area contributed by atoms with Gasteiger partial charge < -0.3 is 10.2 Å². The third-order valence-corrected chi connectivity index (χ3v) is 5.40. The van der Waals surface area contributed by atoms with Crippen molar-refractivity contribution in [3.05, 3.63) is 70.0 Å². The van der Waals surface area contributed by atoms with Gasteiger partial charge in [-0.15, -0.1) is 0 Å². The molecule has 0 spiro atoms. The molecule has 9 nitrogen and oxygen atoms in total. The summed E-state index contributed by atoms with van der Waals surface area (Å²) < 4.78 is 40.0. The van der Waals surface area contributed by atoms with Crippen LogP contribution < -0.4 is 10.0 Å². The Hall–Kier alpha value is -3.05. The Kier molecular flexibility index (Phi) is 7.62. The van der Waals surface area contributed by atoms with E-state index in [0.29, 0.717) is 12.5 Å². The fourth-order valence-electron chi connectivity index (χ4n) is 2.53. The summed E-state index contributed by atoms with van der Waals surface area (Å²) in [6.45, 7) is 0.780. The minimum Gasteiger partial charge on any atom is -0.355 e. The van der Waals surface area contributed by atoms with Gasteiger partial charge in [0.1, 0.15) is 5.82 Å².